The van der Waals surface area contributed by atoms with E-state index in [4.69, 9.17) is 18.0 Å². The Morgan fingerprint density at radius 1 is 1.40 bits per heavy atom. The van der Waals surface area contributed by atoms with Gasteiger partial charge in [0.15, 0.2) is 9.84 Å². The van der Waals surface area contributed by atoms with E-state index in [1.807, 2.05) is 13.8 Å². The SMILES string of the molecule is CC(C)N(CC(N)=S)C(=O)c1cccc(S(C)(=O)=O)c1. The lowest BCUT2D eigenvalue weighted by atomic mass is 10.1. The van der Waals surface area contributed by atoms with E-state index in [1.54, 1.807) is 12.1 Å². The first-order valence-electron chi connectivity index (χ1n) is 6.02. The van der Waals surface area contributed by atoms with Crippen molar-refractivity contribution in [1.82, 2.24) is 4.90 Å². The van der Waals surface area contributed by atoms with Crippen molar-refractivity contribution in [2.45, 2.75) is 24.8 Å². The Hall–Kier alpha value is -1.47. The molecule has 0 heterocycles. The number of amides is 1. The van der Waals surface area contributed by atoms with Gasteiger partial charge in [0, 0.05) is 17.9 Å². The van der Waals surface area contributed by atoms with Gasteiger partial charge in [-0.3, -0.25) is 4.79 Å². The summed E-state index contributed by atoms with van der Waals surface area (Å²) in [6.45, 7) is 3.85. The molecule has 7 heteroatoms. The quantitative estimate of drug-likeness (QED) is 0.827. The zero-order valence-electron chi connectivity index (χ0n) is 11.7. The van der Waals surface area contributed by atoms with Crippen LogP contribution in [-0.4, -0.2) is 43.1 Å². The molecule has 1 aromatic carbocycles. The third kappa shape index (κ3) is 4.28. The van der Waals surface area contributed by atoms with Crippen LogP contribution in [0.15, 0.2) is 29.2 Å². The summed E-state index contributed by atoms with van der Waals surface area (Å²) in [5.41, 5.74) is 5.79. The highest BCUT2D eigenvalue weighted by Crippen LogP contribution is 2.14. The Balaban J connectivity index is 3.16. The van der Waals surface area contributed by atoms with Crippen molar-refractivity contribution < 1.29 is 13.2 Å². The summed E-state index contributed by atoms with van der Waals surface area (Å²) in [6.07, 6.45) is 1.10. The number of hydrogen-bond acceptors (Lipinski definition) is 4. The summed E-state index contributed by atoms with van der Waals surface area (Å²) in [5, 5.41) is 0. The van der Waals surface area contributed by atoms with E-state index in [1.165, 1.54) is 17.0 Å². The van der Waals surface area contributed by atoms with Crippen molar-refractivity contribution in [2.75, 3.05) is 12.8 Å². The molecule has 5 nitrogen and oxygen atoms in total. The predicted octanol–water partition coefficient (Wildman–Crippen LogP) is 1.23. The summed E-state index contributed by atoms with van der Waals surface area (Å²) in [5.74, 6) is -0.293. The van der Waals surface area contributed by atoms with Gasteiger partial charge < -0.3 is 10.6 Å². The fourth-order valence-electron chi connectivity index (χ4n) is 1.68. The smallest absolute Gasteiger partial charge is 0.254 e. The van der Waals surface area contributed by atoms with Crippen LogP contribution in [-0.2, 0) is 9.84 Å². The van der Waals surface area contributed by atoms with Gasteiger partial charge in [0.2, 0.25) is 0 Å². The average molecular weight is 314 g/mol. The van der Waals surface area contributed by atoms with Gasteiger partial charge in [-0.2, -0.15) is 0 Å². The van der Waals surface area contributed by atoms with E-state index in [9.17, 15) is 13.2 Å². The van der Waals surface area contributed by atoms with Crippen LogP contribution in [0.25, 0.3) is 0 Å². The van der Waals surface area contributed by atoms with Crippen molar-refractivity contribution in [3.63, 3.8) is 0 Å². The fourth-order valence-corrected chi connectivity index (χ4v) is 2.49. The Morgan fingerprint density at radius 3 is 2.45 bits per heavy atom. The lowest BCUT2D eigenvalue weighted by Crippen LogP contribution is -2.42. The lowest BCUT2D eigenvalue weighted by Gasteiger charge is -2.26. The van der Waals surface area contributed by atoms with Crippen molar-refractivity contribution in [2.24, 2.45) is 5.73 Å². The second-order valence-electron chi connectivity index (χ2n) is 4.79. The topological polar surface area (TPSA) is 80.5 Å². The third-order valence-electron chi connectivity index (χ3n) is 2.72. The highest BCUT2D eigenvalue weighted by Gasteiger charge is 2.20. The molecule has 2 N–H and O–H groups in total. The number of rotatable bonds is 5. The minimum atomic E-state index is -3.35. The van der Waals surface area contributed by atoms with Gasteiger partial charge in [0.25, 0.3) is 5.91 Å². The van der Waals surface area contributed by atoms with Crippen LogP contribution in [0.2, 0.25) is 0 Å². The van der Waals surface area contributed by atoms with Gasteiger partial charge >= 0.3 is 0 Å². The first-order valence-corrected chi connectivity index (χ1v) is 8.32. The Labute approximate surface area is 124 Å². The van der Waals surface area contributed by atoms with E-state index >= 15 is 0 Å². The van der Waals surface area contributed by atoms with E-state index in [0.717, 1.165) is 6.26 Å². The highest BCUT2D eigenvalue weighted by molar-refractivity contribution is 7.90. The molecule has 0 unspecified atom stereocenters. The molecule has 0 aliphatic heterocycles. The fraction of sp³-hybridized carbons (Fsp3) is 0.385. The van der Waals surface area contributed by atoms with Gasteiger partial charge in [-0.25, -0.2) is 8.42 Å². The largest absolute Gasteiger partial charge is 0.392 e. The summed E-state index contributed by atoms with van der Waals surface area (Å²) in [4.78, 5) is 14.2. The Bertz CT molecular complexity index is 624. The normalized spacial score (nSPS) is 11.4. The molecule has 0 saturated heterocycles. The molecule has 110 valence electrons. The number of carbonyl (C=O) groups excluding carboxylic acids is 1. The van der Waals surface area contributed by atoms with Crippen LogP contribution in [0, 0.1) is 0 Å². The van der Waals surface area contributed by atoms with Crippen molar-refractivity contribution >= 4 is 33.0 Å². The standard InChI is InChI=1S/C13H18N2O3S2/c1-9(2)15(8-12(14)19)13(16)10-5-4-6-11(7-10)20(3,17)18/h4-7,9H,8H2,1-3H3,(H2,14,19). The van der Waals surface area contributed by atoms with Gasteiger partial charge in [-0.1, -0.05) is 18.3 Å². The maximum Gasteiger partial charge on any atom is 0.254 e. The molecule has 1 rings (SSSR count). The van der Waals surface area contributed by atoms with Crippen LogP contribution < -0.4 is 5.73 Å². The molecule has 0 saturated carbocycles. The molecule has 0 spiro atoms. The molecule has 0 fully saturated rings. The molecule has 1 amide bonds. The van der Waals surface area contributed by atoms with Crippen LogP contribution >= 0.6 is 12.2 Å². The average Bonchev–Trinajstić information content (AvgIpc) is 2.33. The van der Waals surface area contributed by atoms with E-state index < -0.39 is 9.84 Å². The molecular weight excluding hydrogens is 296 g/mol. The second-order valence-corrected chi connectivity index (χ2v) is 7.33. The van der Waals surface area contributed by atoms with Crippen LogP contribution in [0.1, 0.15) is 24.2 Å². The van der Waals surface area contributed by atoms with Crippen LogP contribution in [0.3, 0.4) is 0 Å². The molecule has 0 bridgehead atoms. The zero-order chi connectivity index (χ0) is 15.5. The Morgan fingerprint density at radius 2 is 2.00 bits per heavy atom. The van der Waals surface area contributed by atoms with Gasteiger partial charge in [-0.05, 0) is 32.0 Å². The first-order chi connectivity index (χ1) is 9.12. The summed E-state index contributed by atoms with van der Waals surface area (Å²) >= 11 is 4.83. The van der Waals surface area contributed by atoms with Crippen LogP contribution in [0.4, 0.5) is 0 Å². The molecule has 0 radical (unpaired) electrons. The number of hydrogen-bond donors (Lipinski definition) is 1. The van der Waals surface area contributed by atoms with Crippen molar-refractivity contribution in [3.8, 4) is 0 Å². The summed E-state index contributed by atoms with van der Waals surface area (Å²) in [6, 6.07) is 5.85. The lowest BCUT2D eigenvalue weighted by molar-refractivity contribution is 0.0736. The molecule has 20 heavy (non-hydrogen) atoms. The van der Waals surface area contributed by atoms with Crippen LogP contribution in [0.5, 0.6) is 0 Å². The highest BCUT2D eigenvalue weighted by atomic mass is 32.2. The van der Waals surface area contributed by atoms with E-state index in [-0.39, 0.29) is 28.4 Å². The number of nitrogens with zero attached hydrogens (tertiary/aromatic N) is 1. The number of carbonyl (C=O) groups is 1. The number of sulfone groups is 1. The zero-order valence-corrected chi connectivity index (χ0v) is 13.3. The maximum atomic E-state index is 12.4. The first kappa shape index (κ1) is 16.6. The van der Waals surface area contributed by atoms with E-state index in [2.05, 4.69) is 0 Å². The molecular formula is C13H18N2O3S2. The molecule has 0 aromatic heterocycles. The molecule has 0 aliphatic carbocycles. The Kier molecular flexibility index (Phi) is 5.24. The maximum absolute atomic E-state index is 12.4. The minimum absolute atomic E-state index is 0.0918. The van der Waals surface area contributed by atoms with Gasteiger partial charge in [-0.15, -0.1) is 0 Å². The van der Waals surface area contributed by atoms with Crippen molar-refractivity contribution in [1.29, 1.82) is 0 Å². The summed E-state index contributed by atoms with van der Waals surface area (Å²) in [7, 11) is -3.35. The number of thiocarbonyl (C=S) groups is 1. The van der Waals surface area contributed by atoms with Crippen molar-refractivity contribution in [3.05, 3.63) is 29.8 Å². The van der Waals surface area contributed by atoms with Gasteiger partial charge in [0.05, 0.1) is 16.4 Å². The third-order valence-corrected chi connectivity index (χ3v) is 3.96. The second kappa shape index (κ2) is 6.32. The summed E-state index contributed by atoms with van der Waals surface area (Å²) < 4.78 is 23.0. The predicted molar refractivity (Wildman–Crippen MR) is 82.5 cm³/mol. The molecule has 0 atom stereocenters. The monoisotopic (exact) mass is 314 g/mol. The van der Waals surface area contributed by atoms with Gasteiger partial charge in [0.1, 0.15) is 0 Å². The number of nitrogens with two attached hydrogens (primary N) is 1. The van der Waals surface area contributed by atoms with E-state index in [0.29, 0.717) is 5.56 Å². The molecule has 0 aliphatic rings. The number of benzene rings is 1. The molecule has 1 aromatic rings. The minimum Gasteiger partial charge on any atom is -0.392 e.